The number of hydrogen-bond donors (Lipinski definition) is 0. The van der Waals surface area contributed by atoms with Gasteiger partial charge in [0, 0.05) is 34.6 Å². The Hall–Kier alpha value is -2.32. The molecule has 0 amide bonds. The first-order valence-corrected chi connectivity index (χ1v) is 9.06. The van der Waals surface area contributed by atoms with Crippen molar-refractivity contribution in [3.63, 3.8) is 0 Å². The summed E-state index contributed by atoms with van der Waals surface area (Å²) in [5, 5.41) is 0.712. The normalized spacial score (nSPS) is 16.7. The number of carbonyl (C=O) groups is 1. The van der Waals surface area contributed by atoms with E-state index in [4.69, 9.17) is 11.6 Å². The minimum atomic E-state index is 0.112. The highest BCUT2D eigenvalue weighted by molar-refractivity contribution is 6.30. The average Bonchev–Trinajstić information content (AvgIpc) is 3.09. The molecule has 0 saturated carbocycles. The standard InChI is InChI=1S/C22H20ClNO/c1-15-8-10-16(11-9-15)22(25)21-14-24(13-17-4-2-7-20(17)21)19-6-3-5-18(23)12-19/h3,5-6,8-12,14H,2,4,7,13H2,1H3. The van der Waals surface area contributed by atoms with Crippen LogP contribution in [0, 0.1) is 6.92 Å². The van der Waals surface area contributed by atoms with Gasteiger partial charge in [0.2, 0.25) is 0 Å². The number of halogens is 1. The molecule has 2 aromatic carbocycles. The van der Waals surface area contributed by atoms with Crippen LogP contribution in [0.1, 0.15) is 35.2 Å². The van der Waals surface area contributed by atoms with Gasteiger partial charge in [-0.2, -0.15) is 0 Å². The van der Waals surface area contributed by atoms with Crippen molar-refractivity contribution in [1.82, 2.24) is 0 Å². The van der Waals surface area contributed by atoms with Crippen molar-refractivity contribution >= 4 is 23.1 Å². The highest BCUT2D eigenvalue weighted by atomic mass is 35.5. The molecule has 2 nitrogen and oxygen atoms in total. The van der Waals surface area contributed by atoms with Crippen molar-refractivity contribution < 1.29 is 4.79 Å². The van der Waals surface area contributed by atoms with E-state index in [0.717, 1.165) is 48.2 Å². The van der Waals surface area contributed by atoms with Gasteiger partial charge in [-0.25, -0.2) is 0 Å². The Morgan fingerprint density at radius 2 is 1.88 bits per heavy atom. The summed E-state index contributed by atoms with van der Waals surface area (Å²) in [4.78, 5) is 15.3. The second-order valence-corrected chi connectivity index (χ2v) is 7.22. The number of allylic oxidation sites excluding steroid dienone is 2. The van der Waals surface area contributed by atoms with Gasteiger partial charge in [0.15, 0.2) is 5.78 Å². The molecule has 2 aromatic rings. The van der Waals surface area contributed by atoms with Gasteiger partial charge in [-0.05, 0) is 55.5 Å². The van der Waals surface area contributed by atoms with Crippen LogP contribution >= 0.6 is 11.6 Å². The van der Waals surface area contributed by atoms with E-state index in [9.17, 15) is 4.79 Å². The van der Waals surface area contributed by atoms with Gasteiger partial charge in [0.25, 0.3) is 0 Å². The molecule has 0 fully saturated rings. The van der Waals surface area contributed by atoms with E-state index in [0.29, 0.717) is 5.02 Å². The highest BCUT2D eigenvalue weighted by Gasteiger charge is 2.28. The van der Waals surface area contributed by atoms with Crippen LogP contribution in [-0.4, -0.2) is 12.3 Å². The summed E-state index contributed by atoms with van der Waals surface area (Å²) in [6.45, 7) is 2.88. The maximum Gasteiger partial charge on any atom is 0.194 e. The molecule has 3 heteroatoms. The Balaban J connectivity index is 1.74. The molecular formula is C22H20ClNO. The summed E-state index contributed by atoms with van der Waals surface area (Å²) in [5.74, 6) is 0.112. The Morgan fingerprint density at radius 3 is 2.64 bits per heavy atom. The number of aryl methyl sites for hydroxylation is 1. The first-order chi connectivity index (χ1) is 12.1. The number of anilines is 1. The lowest BCUT2D eigenvalue weighted by atomic mass is 9.92. The molecule has 0 aromatic heterocycles. The van der Waals surface area contributed by atoms with E-state index in [2.05, 4.69) is 4.90 Å². The smallest absolute Gasteiger partial charge is 0.194 e. The molecule has 4 rings (SSSR count). The molecule has 0 bridgehead atoms. The third-order valence-corrected chi connectivity index (χ3v) is 5.24. The average molecular weight is 350 g/mol. The number of nitrogens with zero attached hydrogens (tertiary/aromatic N) is 1. The summed E-state index contributed by atoms with van der Waals surface area (Å²) in [6.07, 6.45) is 5.22. The maximum absolute atomic E-state index is 13.1. The highest BCUT2D eigenvalue weighted by Crippen LogP contribution is 2.38. The molecule has 126 valence electrons. The predicted octanol–water partition coefficient (Wildman–Crippen LogP) is 5.72. The zero-order valence-electron chi connectivity index (χ0n) is 14.3. The van der Waals surface area contributed by atoms with Crippen molar-refractivity contribution in [2.45, 2.75) is 26.2 Å². The molecule has 2 aliphatic rings. The fraction of sp³-hybridized carbons (Fsp3) is 0.227. The van der Waals surface area contributed by atoms with E-state index in [1.165, 1.54) is 11.1 Å². The van der Waals surface area contributed by atoms with Crippen LogP contribution in [0.2, 0.25) is 5.02 Å². The van der Waals surface area contributed by atoms with E-state index >= 15 is 0 Å². The Kier molecular flexibility index (Phi) is 4.22. The zero-order valence-corrected chi connectivity index (χ0v) is 15.0. The van der Waals surface area contributed by atoms with Crippen LogP contribution in [0.3, 0.4) is 0 Å². The van der Waals surface area contributed by atoms with Crippen LogP contribution in [0.15, 0.2) is 71.5 Å². The van der Waals surface area contributed by atoms with E-state index in [1.54, 1.807) is 0 Å². The van der Waals surface area contributed by atoms with Gasteiger partial charge >= 0.3 is 0 Å². The molecule has 1 aliphatic heterocycles. The lowest BCUT2D eigenvalue weighted by molar-refractivity contribution is 0.103. The van der Waals surface area contributed by atoms with Crippen LogP contribution < -0.4 is 4.90 Å². The molecule has 0 unspecified atom stereocenters. The van der Waals surface area contributed by atoms with Crippen molar-refractivity contribution in [1.29, 1.82) is 0 Å². The molecule has 0 radical (unpaired) electrons. The number of ketones is 1. The molecule has 0 spiro atoms. The molecule has 0 atom stereocenters. The molecule has 1 heterocycles. The van der Waals surface area contributed by atoms with Gasteiger partial charge in [0.05, 0.1) is 0 Å². The van der Waals surface area contributed by atoms with E-state index < -0.39 is 0 Å². The Bertz CT molecular complexity index is 892. The molecule has 0 saturated heterocycles. The third kappa shape index (κ3) is 3.14. The van der Waals surface area contributed by atoms with Gasteiger partial charge in [-0.15, -0.1) is 0 Å². The molecular weight excluding hydrogens is 330 g/mol. The first kappa shape index (κ1) is 16.2. The Labute approximate surface area is 153 Å². The van der Waals surface area contributed by atoms with E-state index in [1.807, 2.05) is 61.7 Å². The van der Waals surface area contributed by atoms with Crippen LogP contribution in [0.4, 0.5) is 5.69 Å². The summed E-state index contributed by atoms with van der Waals surface area (Å²) < 4.78 is 0. The predicted molar refractivity (Wildman–Crippen MR) is 103 cm³/mol. The summed E-state index contributed by atoms with van der Waals surface area (Å²) in [5.41, 5.74) is 6.42. The molecule has 25 heavy (non-hydrogen) atoms. The fourth-order valence-electron chi connectivity index (χ4n) is 3.67. The third-order valence-electron chi connectivity index (χ3n) is 5.00. The second-order valence-electron chi connectivity index (χ2n) is 6.78. The fourth-order valence-corrected chi connectivity index (χ4v) is 3.85. The zero-order chi connectivity index (χ0) is 17.4. The lowest BCUT2D eigenvalue weighted by Gasteiger charge is -2.28. The van der Waals surface area contributed by atoms with Crippen LogP contribution in [0.25, 0.3) is 0 Å². The summed E-state index contributed by atoms with van der Waals surface area (Å²) in [6, 6.07) is 15.6. The second kappa shape index (κ2) is 6.53. The van der Waals surface area contributed by atoms with Gasteiger partial charge in [0.1, 0.15) is 0 Å². The maximum atomic E-state index is 13.1. The quantitative estimate of drug-likeness (QED) is 0.661. The largest absolute Gasteiger partial charge is 0.343 e. The van der Waals surface area contributed by atoms with E-state index in [-0.39, 0.29) is 5.78 Å². The Morgan fingerprint density at radius 1 is 1.08 bits per heavy atom. The van der Waals surface area contributed by atoms with Crippen molar-refractivity contribution in [2.75, 3.05) is 11.4 Å². The number of Topliss-reactive ketones (excluding diaryl/α,β-unsaturated/α-hetero) is 1. The minimum absolute atomic E-state index is 0.112. The molecule has 1 aliphatic carbocycles. The SMILES string of the molecule is Cc1ccc(C(=O)C2=CN(c3cccc(Cl)c3)CC3=C2CCC3)cc1. The van der Waals surface area contributed by atoms with Gasteiger partial charge in [-0.3, -0.25) is 4.79 Å². The number of hydrogen-bond acceptors (Lipinski definition) is 2. The number of benzene rings is 2. The molecule has 0 N–H and O–H groups in total. The van der Waals surface area contributed by atoms with Crippen molar-refractivity contribution in [2.24, 2.45) is 0 Å². The van der Waals surface area contributed by atoms with Gasteiger partial charge < -0.3 is 4.90 Å². The number of rotatable bonds is 3. The topological polar surface area (TPSA) is 20.3 Å². The van der Waals surface area contributed by atoms with Crippen molar-refractivity contribution in [3.8, 4) is 0 Å². The first-order valence-electron chi connectivity index (χ1n) is 8.68. The van der Waals surface area contributed by atoms with Crippen LogP contribution in [-0.2, 0) is 0 Å². The summed E-state index contributed by atoms with van der Waals surface area (Å²) >= 11 is 6.16. The monoisotopic (exact) mass is 349 g/mol. The number of carbonyl (C=O) groups excluding carboxylic acids is 1. The van der Waals surface area contributed by atoms with Gasteiger partial charge in [-0.1, -0.05) is 47.5 Å². The minimum Gasteiger partial charge on any atom is -0.343 e. The van der Waals surface area contributed by atoms with Crippen molar-refractivity contribution in [3.05, 3.63) is 87.6 Å². The van der Waals surface area contributed by atoms with Crippen LogP contribution in [0.5, 0.6) is 0 Å². The summed E-state index contributed by atoms with van der Waals surface area (Å²) in [7, 11) is 0. The lowest BCUT2D eigenvalue weighted by Crippen LogP contribution is -2.26.